The van der Waals surface area contributed by atoms with Crippen LogP contribution < -0.4 is 10.1 Å². The van der Waals surface area contributed by atoms with Gasteiger partial charge < -0.3 is 10.1 Å². The van der Waals surface area contributed by atoms with Gasteiger partial charge >= 0.3 is 0 Å². The minimum Gasteiger partial charge on any atom is -0.497 e. The van der Waals surface area contributed by atoms with Crippen molar-refractivity contribution in [1.82, 2.24) is 25.1 Å². The molecule has 4 aromatic rings. The van der Waals surface area contributed by atoms with E-state index in [-0.39, 0.29) is 17.7 Å². The number of ether oxygens (including phenoxy) is 1. The lowest BCUT2D eigenvalue weighted by Gasteiger charge is -2.14. The van der Waals surface area contributed by atoms with Crippen molar-refractivity contribution >= 4 is 17.7 Å². The van der Waals surface area contributed by atoms with E-state index in [4.69, 9.17) is 4.74 Å². The van der Waals surface area contributed by atoms with Gasteiger partial charge in [-0.2, -0.15) is 0 Å². The van der Waals surface area contributed by atoms with Crippen LogP contribution in [0.25, 0.3) is 17.1 Å². The van der Waals surface area contributed by atoms with Crippen molar-refractivity contribution in [2.24, 2.45) is 0 Å². The minimum atomic E-state index is -0.0275. The molecule has 2 aromatic carbocycles. The predicted molar refractivity (Wildman–Crippen MR) is 134 cm³/mol. The molecule has 2 heterocycles. The molecule has 0 saturated carbocycles. The fourth-order valence-electron chi connectivity index (χ4n) is 3.56. The zero-order valence-electron chi connectivity index (χ0n) is 19.2. The standard InChI is InChI=1S/C26H27N5O2S/c1-19(8-9-20-6-4-3-5-7-20)28-24(32)18-34-26-30-29-25(21-14-16-27-17-15-21)31(26)22-10-12-23(33-2)13-11-22/h3-7,10-17,19H,8-9,18H2,1-2H3,(H,28,32). The van der Waals surface area contributed by atoms with Crippen molar-refractivity contribution in [3.8, 4) is 22.8 Å². The number of nitrogens with zero attached hydrogens (tertiary/aromatic N) is 4. The molecule has 0 fully saturated rings. The van der Waals surface area contributed by atoms with Crippen LogP contribution in [0.4, 0.5) is 0 Å². The molecule has 1 unspecified atom stereocenters. The third-order valence-corrected chi connectivity index (χ3v) is 6.28. The van der Waals surface area contributed by atoms with E-state index in [2.05, 4.69) is 32.6 Å². The highest BCUT2D eigenvalue weighted by atomic mass is 32.2. The first-order chi connectivity index (χ1) is 16.6. The highest BCUT2D eigenvalue weighted by Crippen LogP contribution is 2.28. The molecule has 8 heteroatoms. The lowest BCUT2D eigenvalue weighted by atomic mass is 10.1. The van der Waals surface area contributed by atoms with E-state index < -0.39 is 0 Å². The number of pyridine rings is 1. The first-order valence-corrected chi connectivity index (χ1v) is 12.1. The van der Waals surface area contributed by atoms with Gasteiger partial charge in [0.25, 0.3) is 0 Å². The third-order valence-electron chi connectivity index (χ3n) is 5.35. The molecule has 0 bridgehead atoms. The number of aryl methyl sites for hydroxylation is 1. The van der Waals surface area contributed by atoms with E-state index >= 15 is 0 Å². The Morgan fingerprint density at radius 2 is 1.76 bits per heavy atom. The van der Waals surface area contributed by atoms with Crippen LogP contribution in [0.5, 0.6) is 5.75 Å². The van der Waals surface area contributed by atoms with Gasteiger partial charge in [-0.1, -0.05) is 42.1 Å². The molecular formula is C26H27N5O2S. The maximum atomic E-state index is 12.6. The van der Waals surface area contributed by atoms with Gasteiger partial charge in [0.1, 0.15) is 5.75 Å². The second-order valence-corrected chi connectivity index (χ2v) is 8.80. The normalized spacial score (nSPS) is 11.7. The van der Waals surface area contributed by atoms with Crippen molar-refractivity contribution in [3.63, 3.8) is 0 Å². The maximum absolute atomic E-state index is 12.6. The van der Waals surface area contributed by atoms with Crippen LogP contribution >= 0.6 is 11.8 Å². The molecule has 4 rings (SSSR count). The number of methoxy groups -OCH3 is 1. The first kappa shape index (κ1) is 23.5. The number of carbonyl (C=O) groups is 1. The molecule has 0 radical (unpaired) electrons. The molecule has 1 atom stereocenters. The van der Waals surface area contributed by atoms with Gasteiger partial charge in [0, 0.05) is 29.7 Å². The van der Waals surface area contributed by atoms with Crippen molar-refractivity contribution < 1.29 is 9.53 Å². The number of carbonyl (C=O) groups excluding carboxylic acids is 1. The number of benzene rings is 2. The number of hydrogen-bond donors (Lipinski definition) is 1. The summed E-state index contributed by atoms with van der Waals surface area (Å²) in [6, 6.07) is 21.8. The summed E-state index contributed by atoms with van der Waals surface area (Å²) in [4.78, 5) is 16.7. The zero-order chi connectivity index (χ0) is 23.8. The summed E-state index contributed by atoms with van der Waals surface area (Å²) in [6.45, 7) is 2.03. The van der Waals surface area contributed by atoms with Crippen molar-refractivity contribution in [2.75, 3.05) is 12.9 Å². The second-order valence-electron chi connectivity index (χ2n) is 7.86. The number of nitrogens with one attached hydrogen (secondary N) is 1. The summed E-state index contributed by atoms with van der Waals surface area (Å²) in [6.07, 6.45) is 5.25. The van der Waals surface area contributed by atoms with Crippen LogP contribution in [0.1, 0.15) is 18.9 Å². The number of rotatable bonds is 10. The lowest BCUT2D eigenvalue weighted by molar-refractivity contribution is -0.119. The van der Waals surface area contributed by atoms with E-state index in [0.717, 1.165) is 29.8 Å². The molecule has 1 N–H and O–H groups in total. The Labute approximate surface area is 203 Å². The highest BCUT2D eigenvalue weighted by Gasteiger charge is 2.18. The molecule has 0 spiro atoms. The molecule has 34 heavy (non-hydrogen) atoms. The van der Waals surface area contributed by atoms with Gasteiger partial charge in [0.15, 0.2) is 11.0 Å². The summed E-state index contributed by atoms with van der Waals surface area (Å²) in [5, 5.41) is 12.5. The Kier molecular flexibility index (Phi) is 7.93. The van der Waals surface area contributed by atoms with Crippen LogP contribution in [-0.4, -0.2) is 44.6 Å². The van der Waals surface area contributed by atoms with Gasteiger partial charge in [-0.15, -0.1) is 10.2 Å². The summed E-state index contributed by atoms with van der Waals surface area (Å²) in [5.74, 6) is 1.67. The van der Waals surface area contributed by atoms with E-state index in [1.165, 1.54) is 17.3 Å². The van der Waals surface area contributed by atoms with Gasteiger partial charge in [-0.25, -0.2) is 0 Å². The van der Waals surface area contributed by atoms with Gasteiger partial charge in [0.2, 0.25) is 5.91 Å². The number of hydrogen-bond acceptors (Lipinski definition) is 6. The van der Waals surface area contributed by atoms with Gasteiger partial charge in [-0.05, 0) is 61.7 Å². The fraction of sp³-hybridized carbons (Fsp3) is 0.231. The molecular weight excluding hydrogens is 446 g/mol. The summed E-state index contributed by atoms with van der Waals surface area (Å²) >= 11 is 1.36. The number of thioether (sulfide) groups is 1. The predicted octanol–water partition coefficient (Wildman–Crippen LogP) is 4.57. The molecule has 0 saturated heterocycles. The van der Waals surface area contributed by atoms with Crippen molar-refractivity contribution in [1.29, 1.82) is 0 Å². The largest absolute Gasteiger partial charge is 0.497 e. The molecule has 0 aliphatic heterocycles. The van der Waals surface area contributed by atoms with Gasteiger partial charge in [0.05, 0.1) is 12.9 Å². The van der Waals surface area contributed by atoms with E-state index in [1.807, 2.05) is 66.1 Å². The van der Waals surface area contributed by atoms with Crippen molar-refractivity contribution in [2.45, 2.75) is 31.0 Å². The Morgan fingerprint density at radius 1 is 1.03 bits per heavy atom. The highest BCUT2D eigenvalue weighted by molar-refractivity contribution is 7.99. The minimum absolute atomic E-state index is 0.0275. The molecule has 174 valence electrons. The summed E-state index contributed by atoms with van der Waals surface area (Å²) in [5.41, 5.74) is 3.05. The van der Waals surface area contributed by atoms with Crippen LogP contribution in [0.15, 0.2) is 84.3 Å². The van der Waals surface area contributed by atoms with E-state index in [1.54, 1.807) is 19.5 Å². The lowest BCUT2D eigenvalue weighted by Crippen LogP contribution is -2.34. The molecule has 1 amide bonds. The van der Waals surface area contributed by atoms with E-state index in [0.29, 0.717) is 11.0 Å². The van der Waals surface area contributed by atoms with Crippen LogP contribution in [0.2, 0.25) is 0 Å². The molecule has 0 aliphatic carbocycles. The maximum Gasteiger partial charge on any atom is 0.230 e. The Hall–Kier alpha value is -3.65. The van der Waals surface area contributed by atoms with Crippen molar-refractivity contribution in [3.05, 3.63) is 84.7 Å². The summed E-state index contributed by atoms with van der Waals surface area (Å²) < 4.78 is 7.24. The Bertz CT molecular complexity index is 1200. The smallest absolute Gasteiger partial charge is 0.230 e. The SMILES string of the molecule is COc1ccc(-n2c(SCC(=O)NC(C)CCc3ccccc3)nnc2-c2ccncc2)cc1. The zero-order valence-corrected chi connectivity index (χ0v) is 20.0. The third kappa shape index (κ3) is 6.02. The van der Waals surface area contributed by atoms with E-state index in [9.17, 15) is 4.79 Å². The van der Waals surface area contributed by atoms with Gasteiger partial charge in [-0.3, -0.25) is 14.3 Å². The number of aromatic nitrogens is 4. The number of amides is 1. The van der Waals surface area contributed by atoms with Crippen LogP contribution in [-0.2, 0) is 11.2 Å². The topological polar surface area (TPSA) is 81.9 Å². The second kappa shape index (κ2) is 11.5. The average Bonchev–Trinajstić information content (AvgIpc) is 3.31. The monoisotopic (exact) mass is 473 g/mol. The average molecular weight is 474 g/mol. The fourth-order valence-corrected chi connectivity index (χ4v) is 4.33. The Balaban J connectivity index is 1.44. The molecule has 0 aliphatic rings. The Morgan fingerprint density at radius 3 is 2.47 bits per heavy atom. The quantitative estimate of drug-likeness (QED) is 0.340. The molecule has 7 nitrogen and oxygen atoms in total. The molecule has 2 aromatic heterocycles. The van der Waals surface area contributed by atoms with Crippen LogP contribution in [0, 0.1) is 0 Å². The van der Waals surface area contributed by atoms with Crippen LogP contribution in [0.3, 0.4) is 0 Å². The summed E-state index contributed by atoms with van der Waals surface area (Å²) in [7, 11) is 1.64. The first-order valence-electron chi connectivity index (χ1n) is 11.1.